The fourth-order valence-corrected chi connectivity index (χ4v) is 2.64. The zero-order valence-electron chi connectivity index (χ0n) is 16.7. The molecular formula is C22H25FIN5O. The van der Waals surface area contributed by atoms with Gasteiger partial charge in [0.15, 0.2) is 5.96 Å². The third-order valence-electron chi connectivity index (χ3n) is 4.01. The molecule has 0 fully saturated rings. The summed E-state index contributed by atoms with van der Waals surface area (Å²) in [4.78, 5) is 13.2. The predicted molar refractivity (Wildman–Crippen MR) is 127 cm³/mol. The van der Waals surface area contributed by atoms with Crippen molar-refractivity contribution in [1.82, 2.24) is 20.6 Å². The Kier molecular flexibility index (Phi) is 9.99. The summed E-state index contributed by atoms with van der Waals surface area (Å²) < 4.78 is 19.2. The number of hydrogen-bond donors (Lipinski definition) is 2. The van der Waals surface area contributed by atoms with E-state index < -0.39 is 0 Å². The van der Waals surface area contributed by atoms with E-state index in [2.05, 4.69) is 25.6 Å². The van der Waals surface area contributed by atoms with Gasteiger partial charge < -0.3 is 15.4 Å². The molecule has 0 radical (unpaired) electrons. The van der Waals surface area contributed by atoms with Gasteiger partial charge in [-0.15, -0.1) is 24.0 Å². The molecule has 0 aliphatic heterocycles. The number of benzene rings is 1. The Balaban J connectivity index is 0.00000320. The Hall–Kier alpha value is -2.75. The van der Waals surface area contributed by atoms with Crippen molar-refractivity contribution in [2.45, 2.75) is 19.9 Å². The van der Waals surface area contributed by atoms with E-state index in [1.165, 1.54) is 12.1 Å². The smallest absolute Gasteiger partial charge is 0.224 e. The fraction of sp³-hybridized carbons (Fsp3) is 0.227. The molecule has 0 saturated carbocycles. The topological polar surface area (TPSA) is 71.4 Å². The zero-order chi connectivity index (χ0) is 20.3. The zero-order valence-corrected chi connectivity index (χ0v) is 19.0. The van der Waals surface area contributed by atoms with Crippen LogP contribution in [0.3, 0.4) is 0 Å². The summed E-state index contributed by atoms with van der Waals surface area (Å²) in [6, 6.07) is 15.6. The largest absolute Gasteiger partial charge is 0.439 e. The van der Waals surface area contributed by atoms with E-state index in [-0.39, 0.29) is 29.8 Å². The van der Waals surface area contributed by atoms with E-state index in [0.29, 0.717) is 30.7 Å². The lowest BCUT2D eigenvalue weighted by Crippen LogP contribution is -2.38. The quantitative estimate of drug-likeness (QED) is 0.263. The van der Waals surface area contributed by atoms with Crippen molar-refractivity contribution in [2.24, 2.45) is 4.99 Å². The molecule has 1 aromatic carbocycles. The van der Waals surface area contributed by atoms with E-state index in [1.54, 1.807) is 24.5 Å². The second kappa shape index (κ2) is 12.7. The van der Waals surface area contributed by atoms with Crippen molar-refractivity contribution in [1.29, 1.82) is 0 Å². The normalized spacial score (nSPS) is 10.8. The Morgan fingerprint density at radius 2 is 1.90 bits per heavy atom. The number of nitrogens with one attached hydrogen (secondary N) is 2. The van der Waals surface area contributed by atoms with Crippen molar-refractivity contribution in [3.05, 3.63) is 84.1 Å². The van der Waals surface area contributed by atoms with Crippen LogP contribution in [0.5, 0.6) is 11.6 Å². The van der Waals surface area contributed by atoms with Gasteiger partial charge in [0, 0.05) is 49.2 Å². The fourth-order valence-electron chi connectivity index (χ4n) is 2.64. The van der Waals surface area contributed by atoms with Gasteiger partial charge in [-0.1, -0.05) is 18.2 Å². The number of pyridine rings is 2. The van der Waals surface area contributed by atoms with Crippen molar-refractivity contribution in [3.8, 4) is 11.6 Å². The molecular weight excluding hydrogens is 496 g/mol. The highest BCUT2D eigenvalue weighted by Crippen LogP contribution is 2.23. The molecule has 0 bridgehead atoms. The van der Waals surface area contributed by atoms with Crippen LogP contribution in [0.2, 0.25) is 0 Å². The molecule has 3 aromatic rings. The van der Waals surface area contributed by atoms with E-state index in [1.807, 2.05) is 37.3 Å². The van der Waals surface area contributed by atoms with Crippen LogP contribution >= 0.6 is 24.0 Å². The number of halogens is 2. The van der Waals surface area contributed by atoms with Crippen LogP contribution in [0.15, 0.2) is 72.0 Å². The Bertz CT molecular complexity index is 940. The predicted octanol–water partition coefficient (Wildman–Crippen LogP) is 4.32. The van der Waals surface area contributed by atoms with E-state index in [0.717, 1.165) is 24.2 Å². The molecule has 0 atom stereocenters. The van der Waals surface area contributed by atoms with Crippen LogP contribution in [-0.2, 0) is 13.0 Å². The maximum absolute atomic E-state index is 13.4. The highest BCUT2D eigenvalue weighted by Gasteiger charge is 2.07. The summed E-state index contributed by atoms with van der Waals surface area (Å²) in [5, 5.41) is 6.53. The Morgan fingerprint density at radius 3 is 2.67 bits per heavy atom. The Morgan fingerprint density at radius 1 is 1.03 bits per heavy atom. The number of aromatic nitrogens is 2. The first-order valence-corrected chi connectivity index (χ1v) is 9.54. The number of nitrogens with zero attached hydrogens (tertiary/aromatic N) is 3. The van der Waals surface area contributed by atoms with E-state index >= 15 is 0 Å². The van der Waals surface area contributed by atoms with E-state index in [4.69, 9.17) is 4.74 Å². The van der Waals surface area contributed by atoms with Crippen LogP contribution in [0.4, 0.5) is 4.39 Å². The molecule has 0 aliphatic carbocycles. The van der Waals surface area contributed by atoms with Crippen LogP contribution in [0, 0.1) is 5.82 Å². The molecule has 6 nitrogen and oxygen atoms in total. The van der Waals surface area contributed by atoms with Crippen LogP contribution in [0.25, 0.3) is 0 Å². The van der Waals surface area contributed by atoms with Gasteiger partial charge in [-0.3, -0.25) is 4.98 Å². The number of rotatable bonds is 8. The van der Waals surface area contributed by atoms with Crippen LogP contribution < -0.4 is 15.4 Å². The summed E-state index contributed by atoms with van der Waals surface area (Å²) in [7, 11) is 0. The minimum atomic E-state index is -0.357. The van der Waals surface area contributed by atoms with Crippen LogP contribution in [0.1, 0.15) is 18.2 Å². The SMILES string of the molecule is CCNC(=NCc1cccnc1Oc1cccc(F)c1)NCCc1ccccn1.I. The number of hydrogen-bond acceptors (Lipinski definition) is 4. The highest BCUT2D eigenvalue weighted by molar-refractivity contribution is 14.0. The first-order valence-electron chi connectivity index (χ1n) is 9.54. The lowest BCUT2D eigenvalue weighted by molar-refractivity contribution is 0.452. The van der Waals surface area contributed by atoms with Gasteiger partial charge in [0.25, 0.3) is 0 Å². The summed E-state index contributed by atoms with van der Waals surface area (Å²) >= 11 is 0. The third-order valence-corrected chi connectivity index (χ3v) is 4.01. The molecule has 0 spiro atoms. The van der Waals surface area contributed by atoms with Crippen LogP contribution in [-0.4, -0.2) is 29.0 Å². The third kappa shape index (κ3) is 7.58. The molecule has 2 heterocycles. The van der Waals surface area contributed by atoms with E-state index in [9.17, 15) is 4.39 Å². The molecule has 0 unspecified atom stereocenters. The second-order valence-corrected chi connectivity index (χ2v) is 6.22. The van der Waals surface area contributed by atoms with Gasteiger partial charge in [0.2, 0.25) is 5.88 Å². The molecule has 158 valence electrons. The van der Waals surface area contributed by atoms with Gasteiger partial charge in [-0.2, -0.15) is 0 Å². The molecule has 30 heavy (non-hydrogen) atoms. The minimum absolute atomic E-state index is 0. The summed E-state index contributed by atoms with van der Waals surface area (Å²) in [5.74, 6) is 1.15. The standard InChI is InChI=1S/C22H24FN5O.HI/c1-2-24-22(27-14-11-19-9-3-4-12-25-19)28-16-17-7-6-13-26-21(17)29-20-10-5-8-18(23)15-20;/h3-10,12-13,15H,2,11,14,16H2,1H3,(H2,24,27,28);1H. The van der Waals surface area contributed by atoms with Crippen molar-refractivity contribution < 1.29 is 9.13 Å². The molecule has 2 N–H and O–H groups in total. The number of guanidine groups is 1. The number of ether oxygens (including phenoxy) is 1. The summed E-state index contributed by atoms with van der Waals surface area (Å²) in [6.45, 7) is 3.84. The summed E-state index contributed by atoms with van der Waals surface area (Å²) in [6.07, 6.45) is 4.22. The maximum atomic E-state index is 13.4. The average molecular weight is 521 g/mol. The van der Waals surface area contributed by atoms with Gasteiger partial charge in [0.05, 0.1) is 6.54 Å². The molecule has 3 rings (SSSR count). The molecule has 0 amide bonds. The first-order chi connectivity index (χ1) is 14.2. The maximum Gasteiger partial charge on any atom is 0.224 e. The minimum Gasteiger partial charge on any atom is -0.439 e. The molecule has 0 saturated heterocycles. The van der Waals surface area contributed by atoms with Gasteiger partial charge in [-0.25, -0.2) is 14.4 Å². The average Bonchev–Trinajstić information content (AvgIpc) is 2.74. The molecule has 8 heteroatoms. The molecule has 2 aromatic heterocycles. The van der Waals surface area contributed by atoms with Gasteiger partial charge in [-0.05, 0) is 37.3 Å². The van der Waals surface area contributed by atoms with Crippen molar-refractivity contribution in [3.63, 3.8) is 0 Å². The highest BCUT2D eigenvalue weighted by atomic mass is 127. The Labute approximate surface area is 193 Å². The first kappa shape index (κ1) is 23.5. The number of aliphatic imine (C=N–C) groups is 1. The van der Waals surface area contributed by atoms with Crippen molar-refractivity contribution >= 4 is 29.9 Å². The molecule has 0 aliphatic rings. The summed E-state index contributed by atoms with van der Waals surface area (Å²) in [5.41, 5.74) is 1.83. The van der Waals surface area contributed by atoms with Gasteiger partial charge in [0.1, 0.15) is 11.6 Å². The monoisotopic (exact) mass is 521 g/mol. The van der Waals surface area contributed by atoms with Crippen molar-refractivity contribution in [2.75, 3.05) is 13.1 Å². The lowest BCUT2D eigenvalue weighted by Gasteiger charge is -2.12. The lowest BCUT2D eigenvalue weighted by atomic mass is 10.2. The second-order valence-electron chi connectivity index (χ2n) is 6.22. The van der Waals surface area contributed by atoms with Gasteiger partial charge >= 0.3 is 0 Å².